The van der Waals surface area contributed by atoms with Gasteiger partial charge in [0.05, 0.1) is 5.56 Å². The molecule has 1 aliphatic rings. The fourth-order valence-corrected chi connectivity index (χ4v) is 4.06. The lowest BCUT2D eigenvalue weighted by molar-refractivity contribution is -0.742. The van der Waals surface area contributed by atoms with E-state index in [1.165, 1.54) is 29.5 Å². The smallest absolute Gasteiger partial charge is 0.200 e. The summed E-state index contributed by atoms with van der Waals surface area (Å²) in [6.45, 7) is 11.0. The van der Waals surface area contributed by atoms with Crippen LogP contribution in [-0.4, -0.2) is 0 Å². The normalized spacial score (nSPS) is 15.1. The van der Waals surface area contributed by atoms with E-state index in [0.717, 1.165) is 30.5 Å². The molecule has 0 spiro atoms. The van der Waals surface area contributed by atoms with Crippen molar-refractivity contribution in [2.45, 2.75) is 58.4 Å². The molecule has 2 aromatic rings. The van der Waals surface area contributed by atoms with Crippen molar-refractivity contribution in [2.24, 2.45) is 0 Å². The molecule has 0 saturated heterocycles. The number of pyridine rings is 1. The summed E-state index contributed by atoms with van der Waals surface area (Å²) < 4.78 is 16.1. The van der Waals surface area contributed by atoms with Crippen LogP contribution in [-0.2, 0) is 12.0 Å². The lowest BCUT2D eigenvalue weighted by Crippen LogP contribution is -2.59. The number of allylic oxidation sites excluding steroid dienone is 1. The Bertz CT molecular complexity index is 772. The van der Waals surface area contributed by atoms with Crippen LogP contribution in [0.2, 0.25) is 0 Å². The molecule has 1 aromatic heterocycles. The minimum Gasteiger partial charge on any atom is -0.200 e. The molecule has 0 amide bonds. The van der Waals surface area contributed by atoms with Gasteiger partial charge in [-0.1, -0.05) is 45.9 Å². The van der Waals surface area contributed by atoms with Gasteiger partial charge in [0, 0.05) is 24.5 Å². The Hall–Kier alpha value is -1.96. The molecular weight excluding hydrogens is 297 g/mol. The van der Waals surface area contributed by atoms with Crippen molar-refractivity contribution in [3.63, 3.8) is 0 Å². The molecule has 0 fully saturated rings. The molecule has 0 radical (unpaired) electrons. The number of unbranched alkanes of at least 4 members (excludes halogenated alkanes) is 1. The first-order valence-corrected chi connectivity index (χ1v) is 9.12. The maximum atomic E-state index is 14.0. The van der Waals surface area contributed by atoms with Crippen LogP contribution in [0.25, 0.3) is 16.8 Å². The van der Waals surface area contributed by atoms with Crippen molar-refractivity contribution < 1.29 is 8.96 Å². The predicted octanol–water partition coefficient (Wildman–Crippen LogP) is 5.66. The predicted molar refractivity (Wildman–Crippen MR) is 98.2 cm³/mol. The topological polar surface area (TPSA) is 3.88 Å². The Kier molecular flexibility index (Phi) is 4.58. The van der Waals surface area contributed by atoms with E-state index in [1.807, 2.05) is 6.07 Å². The molecule has 0 atom stereocenters. The fourth-order valence-electron chi connectivity index (χ4n) is 4.06. The number of aromatic nitrogens is 1. The van der Waals surface area contributed by atoms with Gasteiger partial charge in [-0.15, -0.1) is 0 Å². The molecule has 0 N–H and O–H groups in total. The molecule has 2 heteroatoms. The third kappa shape index (κ3) is 2.49. The molecule has 24 heavy (non-hydrogen) atoms. The van der Waals surface area contributed by atoms with E-state index in [9.17, 15) is 4.39 Å². The van der Waals surface area contributed by atoms with Crippen molar-refractivity contribution in [3.05, 3.63) is 60.1 Å². The van der Waals surface area contributed by atoms with Gasteiger partial charge in [0.1, 0.15) is 0 Å². The van der Waals surface area contributed by atoms with Gasteiger partial charge in [-0.2, -0.15) is 4.57 Å². The maximum Gasteiger partial charge on any atom is 0.214 e. The van der Waals surface area contributed by atoms with Gasteiger partial charge in [0.25, 0.3) is 0 Å². The third-order valence-electron chi connectivity index (χ3n) is 5.61. The number of rotatable bonds is 5. The number of hydrogen-bond donors (Lipinski definition) is 0. The quantitative estimate of drug-likeness (QED) is 0.624. The van der Waals surface area contributed by atoms with Crippen LogP contribution in [0.15, 0.2) is 43.1 Å². The summed E-state index contributed by atoms with van der Waals surface area (Å²) in [6, 6.07) is 10.2. The largest absolute Gasteiger partial charge is 0.214 e. The van der Waals surface area contributed by atoms with E-state index >= 15 is 0 Å². The van der Waals surface area contributed by atoms with Gasteiger partial charge in [0.2, 0.25) is 11.9 Å². The van der Waals surface area contributed by atoms with Crippen LogP contribution in [0.3, 0.4) is 0 Å². The molecule has 0 saturated carbocycles. The average Bonchev–Trinajstić information content (AvgIpc) is 2.61. The maximum absolute atomic E-state index is 14.0. The average molecular weight is 324 g/mol. The molecule has 0 unspecified atom stereocenters. The number of nitrogens with zero attached hydrogens (tertiary/aromatic N) is 1. The Morgan fingerprint density at radius 2 is 1.79 bits per heavy atom. The number of hydrogen-bond acceptors (Lipinski definition) is 0. The first kappa shape index (κ1) is 16.9. The first-order chi connectivity index (χ1) is 11.6. The summed E-state index contributed by atoms with van der Waals surface area (Å²) in [5, 5.41) is 0. The summed E-state index contributed by atoms with van der Waals surface area (Å²) in [5.41, 5.74) is 5.71. The zero-order chi connectivity index (χ0) is 17.3. The van der Waals surface area contributed by atoms with E-state index in [4.69, 9.17) is 0 Å². The molecule has 1 nitrogen and oxygen atoms in total. The summed E-state index contributed by atoms with van der Waals surface area (Å²) >= 11 is 0. The highest BCUT2D eigenvalue weighted by molar-refractivity contribution is 5.83. The van der Waals surface area contributed by atoms with Crippen molar-refractivity contribution in [3.8, 4) is 11.3 Å². The molecular formula is C22H27FN+. The second-order valence-electron chi connectivity index (χ2n) is 6.80. The van der Waals surface area contributed by atoms with Crippen LogP contribution < -0.4 is 4.57 Å². The molecule has 126 valence electrons. The summed E-state index contributed by atoms with van der Waals surface area (Å²) in [5.74, 6) is -0.191. The molecule has 3 rings (SSSR count). The van der Waals surface area contributed by atoms with E-state index < -0.39 is 0 Å². The van der Waals surface area contributed by atoms with E-state index in [0.29, 0.717) is 0 Å². The number of benzene rings is 1. The summed E-state index contributed by atoms with van der Waals surface area (Å²) in [7, 11) is 0. The number of halogens is 1. The molecule has 1 aliphatic heterocycles. The highest BCUT2D eigenvalue weighted by atomic mass is 19.1. The zero-order valence-corrected chi connectivity index (χ0v) is 15.0. The van der Waals surface area contributed by atoms with Crippen molar-refractivity contribution >= 4 is 5.57 Å². The van der Waals surface area contributed by atoms with Gasteiger partial charge in [0.15, 0.2) is 11.4 Å². The Balaban J connectivity index is 2.23. The van der Waals surface area contributed by atoms with Crippen LogP contribution in [0.5, 0.6) is 0 Å². The van der Waals surface area contributed by atoms with Crippen LogP contribution >= 0.6 is 0 Å². The van der Waals surface area contributed by atoms with Gasteiger partial charge < -0.3 is 0 Å². The van der Waals surface area contributed by atoms with E-state index in [2.05, 4.69) is 50.1 Å². The van der Waals surface area contributed by atoms with Crippen molar-refractivity contribution in [1.29, 1.82) is 0 Å². The lowest BCUT2D eigenvalue weighted by atomic mass is 9.75. The second kappa shape index (κ2) is 6.51. The Morgan fingerprint density at radius 3 is 2.46 bits per heavy atom. The van der Waals surface area contributed by atoms with E-state index in [-0.39, 0.29) is 11.4 Å². The van der Waals surface area contributed by atoms with Crippen LogP contribution in [0.1, 0.15) is 57.6 Å². The minimum absolute atomic E-state index is 0.191. The van der Waals surface area contributed by atoms with Gasteiger partial charge in [-0.25, -0.2) is 4.39 Å². The van der Waals surface area contributed by atoms with Crippen LogP contribution in [0, 0.1) is 5.82 Å². The minimum atomic E-state index is -0.241. The SMILES string of the molecule is C=C1c2ccc(CCCC)cc2-c2ccc(F)c[n+]2C1(CC)CC. The van der Waals surface area contributed by atoms with Crippen molar-refractivity contribution in [1.82, 2.24) is 0 Å². The highest BCUT2D eigenvalue weighted by Gasteiger charge is 2.46. The second-order valence-corrected chi connectivity index (χ2v) is 6.80. The summed E-state index contributed by atoms with van der Waals surface area (Å²) in [4.78, 5) is 0. The third-order valence-corrected chi connectivity index (χ3v) is 5.61. The van der Waals surface area contributed by atoms with Crippen LogP contribution in [0.4, 0.5) is 4.39 Å². The number of aryl methyl sites for hydroxylation is 1. The Labute approximate surface area is 144 Å². The zero-order valence-electron chi connectivity index (χ0n) is 15.0. The lowest BCUT2D eigenvalue weighted by Gasteiger charge is -2.35. The highest BCUT2D eigenvalue weighted by Crippen LogP contribution is 2.43. The first-order valence-electron chi connectivity index (χ1n) is 9.12. The van der Waals surface area contributed by atoms with Crippen molar-refractivity contribution in [2.75, 3.05) is 0 Å². The molecule has 1 aromatic carbocycles. The fraction of sp³-hybridized carbons (Fsp3) is 0.409. The Morgan fingerprint density at radius 1 is 1.04 bits per heavy atom. The monoisotopic (exact) mass is 324 g/mol. The molecule has 0 bridgehead atoms. The summed E-state index contributed by atoms with van der Waals surface area (Å²) in [6.07, 6.45) is 6.92. The van der Waals surface area contributed by atoms with E-state index in [1.54, 1.807) is 12.3 Å². The number of fused-ring (bicyclic) bond motifs is 3. The molecule has 2 heterocycles. The standard InChI is InChI=1S/C22H27FN/c1-5-8-9-17-10-12-19-16(4)22(6-2,7-3)24-15-18(23)11-13-21(24)20(19)14-17/h10-15H,4-9H2,1-3H3/q+1. The van der Waals surface area contributed by atoms with Gasteiger partial charge in [-0.3, -0.25) is 0 Å². The van der Waals surface area contributed by atoms with Gasteiger partial charge in [-0.05, 0) is 36.1 Å². The van der Waals surface area contributed by atoms with Gasteiger partial charge >= 0.3 is 0 Å². The molecule has 0 aliphatic carbocycles.